The van der Waals surface area contributed by atoms with E-state index in [4.69, 9.17) is 5.73 Å². The zero-order valence-corrected chi connectivity index (χ0v) is 10.4. The SMILES string of the molecule is C=NNc1cc(N)cc(N/N=C/c2ccccc2)c1. The Kier molecular flexibility index (Phi) is 4.12. The van der Waals surface area contributed by atoms with E-state index in [1.807, 2.05) is 36.4 Å². The molecule has 0 unspecified atom stereocenters. The highest BCUT2D eigenvalue weighted by Gasteiger charge is 1.97. The third kappa shape index (κ3) is 3.85. The molecule has 5 heteroatoms. The number of hydrazone groups is 2. The number of rotatable bonds is 5. The van der Waals surface area contributed by atoms with E-state index in [0.29, 0.717) is 5.69 Å². The van der Waals surface area contributed by atoms with Crippen molar-refractivity contribution in [3.05, 3.63) is 54.1 Å². The van der Waals surface area contributed by atoms with Gasteiger partial charge in [-0.1, -0.05) is 30.3 Å². The molecule has 2 aromatic rings. The van der Waals surface area contributed by atoms with Crippen LogP contribution in [0.2, 0.25) is 0 Å². The van der Waals surface area contributed by atoms with Crippen LogP contribution in [0.25, 0.3) is 0 Å². The predicted octanol–water partition coefficient (Wildman–Crippen LogP) is 2.74. The van der Waals surface area contributed by atoms with Crippen molar-refractivity contribution < 1.29 is 0 Å². The number of nitrogen functional groups attached to an aromatic ring is 1. The van der Waals surface area contributed by atoms with Crippen molar-refractivity contribution in [3.8, 4) is 0 Å². The number of nitrogens with two attached hydrogens (primary N) is 1. The van der Waals surface area contributed by atoms with Gasteiger partial charge in [0, 0.05) is 12.4 Å². The molecule has 2 aromatic carbocycles. The molecule has 19 heavy (non-hydrogen) atoms. The maximum Gasteiger partial charge on any atom is 0.0603 e. The van der Waals surface area contributed by atoms with Crippen molar-refractivity contribution in [3.63, 3.8) is 0 Å². The lowest BCUT2D eigenvalue weighted by Crippen LogP contribution is -1.95. The van der Waals surface area contributed by atoms with Gasteiger partial charge in [0.05, 0.1) is 17.6 Å². The van der Waals surface area contributed by atoms with Gasteiger partial charge < -0.3 is 5.73 Å². The van der Waals surface area contributed by atoms with Gasteiger partial charge in [0.25, 0.3) is 0 Å². The third-order valence-electron chi connectivity index (χ3n) is 2.37. The molecule has 0 aromatic heterocycles. The molecular weight excluding hydrogens is 238 g/mol. The second-order valence-electron chi connectivity index (χ2n) is 3.89. The molecule has 0 atom stereocenters. The lowest BCUT2D eigenvalue weighted by molar-refractivity contribution is 1.32. The van der Waals surface area contributed by atoms with Crippen LogP contribution in [0.1, 0.15) is 5.56 Å². The maximum absolute atomic E-state index is 5.78. The summed E-state index contributed by atoms with van der Waals surface area (Å²) in [5, 5.41) is 7.74. The Morgan fingerprint density at radius 2 is 1.68 bits per heavy atom. The predicted molar refractivity (Wildman–Crippen MR) is 81.7 cm³/mol. The molecule has 0 saturated carbocycles. The summed E-state index contributed by atoms with van der Waals surface area (Å²) in [5.74, 6) is 0. The van der Waals surface area contributed by atoms with Gasteiger partial charge in [0.1, 0.15) is 0 Å². The van der Waals surface area contributed by atoms with E-state index in [0.717, 1.165) is 16.9 Å². The van der Waals surface area contributed by atoms with Crippen LogP contribution in [-0.4, -0.2) is 12.9 Å². The van der Waals surface area contributed by atoms with Crippen molar-refractivity contribution in [1.29, 1.82) is 0 Å². The van der Waals surface area contributed by atoms with E-state index >= 15 is 0 Å². The second kappa shape index (κ2) is 6.20. The first-order valence-electron chi connectivity index (χ1n) is 5.74. The summed E-state index contributed by atoms with van der Waals surface area (Å²) < 4.78 is 0. The minimum Gasteiger partial charge on any atom is -0.399 e. The van der Waals surface area contributed by atoms with Crippen LogP contribution in [0.4, 0.5) is 17.1 Å². The van der Waals surface area contributed by atoms with Crippen molar-refractivity contribution in [2.45, 2.75) is 0 Å². The summed E-state index contributed by atoms with van der Waals surface area (Å²) in [6, 6.07) is 15.2. The Morgan fingerprint density at radius 1 is 1.00 bits per heavy atom. The fraction of sp³-hybridized carbons (Fsp3) is 0. The number of anilines is 3. The van der Waals surface area contributed by atoms with Crippen LogP contribution in [0.3, 0.4) is 0 Å². The summed E-state index contributed by atoms with van der Waals surface area (Å²) in [6.07, 6.45) is 1.74. The summed E-state index contributed by atoms with van der Waals surface area (Å²) in [7, 11) is 0. The highest BCUT2D eigenvalue weighted by molar-refractivity contribution is 5.80. The summed E-state index contributed by atoms with van der Waals surface area (Å²) in [6.45, 7) is 3.37. The molecule has 4 N–H and O–H groups in total. The van der Waals surface area contributed by atoms with Gasteiger partial charge in [-0.15, -0.1) is 0 Å². The molecule has 96 valence electrons. The van der Waals surface area contributed by atoms with Gasteiger partial charge in [-0.25, -0.2) is 0 Å². The van der Waals surface area contributed by atoms with E-state index in [1.165, 1.54) is 0 Å². The molecular formula is C14H15N5. The van der Waals surface area contributed by atoms with Crippen LogP contribution < -0.4 is 16.6 Å². The molecule has 0 aliphatic carbocycles. The van der Waals surface area contributed by atoms with Crippen molar-refractivity contribution in [1.82, 2.24) is 0 Å². The lowest BCUT2D eigenvalue weighted by Gasteiger charge is -2.06. The number of nitrogens with one attached hydrogen (secondary N) is 2. The van der Waals surface area contributed by atoms with Crippen LogP contribution >= 0.6 is 0 Å². The molecule has 0 fully saturated rings. The van der Waals surface area contributed by atoms with Gasteiger partial charge in [-0.3, -0.25) is 10.9 Å². The first-order valence-corrected chi connectivity index (χ1v) is 5.74. The normalized spacial score (nSPS) is 10.3. The van der Waals surface area contributed by atoms with E-state index in [9.17, 15) is 0 Å². The fourth-order valence-corrected chi connectivity index (χ4v) is 1.59. The van der Waals surface area contributed by atoms with Gasteiger partial charge in [0.2, 0.25) is 0 Å². The Morgan fingerprint density at radius 3 is 2.37 bits per heavy atom. The van der Waals surface area contributed by atoms with Crippen LogP contribution in [-0.2, 0) is 0 Å². The van der Waals surface area contributed by atoms with E-state index < -0.39 is 0 Å². The number of hydrogen-bond acceptors (Lipinski definition) is 5. The fourth-order valence-electron chi connectivity index (χ4n) is 1.59. The van der Waals surface area contributed by atoms with Gasteiger partial charge >= 0.3 is 0 Å². The van der Waals surface area contributed by atoms with Gasteiger partial charge in [-0.05, 0) is 23.8 Å². The topological polar surface area (TPSA) is 74.8 Å². The molecule has 0 bridgehead atoms. The van der Waals surface area contributed by atoms with Gasteiger partial charge in [0.15, 0.2) is 0 Å². The van der Waals surface area contributed by atoms with Crippen molar-refractivity contribution in [2.75, 3.05) is 16.6 Å². The molecule has 0 aliphatic rings. The summed E-state index contributed by atoms with van der Waals surface area (Å²) >= 11 is 0. The maximum atomic E-state index is 5.78. The number of nitrogens with zero attached hydrogens (tertiary/aromatic N) is 2. The second-order valence-corrected chi connectivity index (χ2v) is 3.89. The van der Waals surface area contributed by atoms with Crippen LogP contribution in [0.15, 0.2) is 58.7 Å². The molecule has 0 amide bonds. The van der Waals surface area contributed by atoms with Crippen LogP contribution in [0, 0.1) is 0 Å². The molecule has 0 radical (unpaired) electrons. The Bertz CT molecular complexity index is 578. The largest absolute Gasteiger partial charge is 0.399 e. The molecule has 0 saturated heterocycles. The first kappa shape index (κ1) is 12.6. The zero-order valence-electron chi connectivity index (χ0n) is 10.4. The smallest absolute Gasteiger partial charge is 0.0603 e. The molecule has 0 spiro atoms. The Labute approximate surface area is 111 Å². The minimum atomic E-state index is 0.617. The average molecular weight is 253 g/mol. The van der Waals surface area contributed by atoms with E-state index in [2.05, 4.69) is 27.8 Å². The van der Waals surface area contributed by atoms with Crippen molar-refractivity contribution >= 4 is 30.0 Å². The molecule has 0 heterocycles. The average Bonchev–Trinajstić information content (AvgIpc) is 2.40. The van der Waals surface area contributed by atoms with Crippen molar-refractivity contribution in [2.24, 2.45) is 10.2 Å². The van der Waals surface area contributed by atoms with Gasteiger partial charge in [-0.2, -0.15) is 10.2 Å². The number of benzene rings is 2. The van der Waals surface area contributed by atoms with E-state index in [-0.39, 0.29) is 0 Å². The number of hydrogen-bond donors (Lipinski definition) is 3. The molecule has 0 aliphatic heterocycles. The molecule has 5 nitrogen and oxygen atoms in total. The Hall–Kier alpha value is -2.82. The zero-order chi connectivity index (χ0) is 13.5. The standard InChI is InChI=1S/C14H15N5/c1-16-18-13-7-12(15)8-14(9-13)19-17-10-11-5-3-2-4-6-11/h2-10,18-19H,1,15H2/b17-10+. The van der Waals surface area contributed by atoms with E-state index in [1.54, 1.807) is 18.3 Å². The monoisotopic (exact) mass is 253 g/mol. The lowest BCUT2D eigenvalue weighted by atomic mass is 10.2. The Balaban J connectivity index is 2.07. The first-order chi connectivity index (χ1) is 9.28. The van der Waals surface area contributed by atoms with Crippen LogP contribution in [0.5, 0.6) is 0 Å². The highest BCUT2D eigenvalue weighted by atomic mass is 15.3. The minimum absolute atomic E-state index is 0.617. The third-order valence-corrected chi connectivity index (χ3v) is 2.37. The summed E-state index contributed by atoms with van der Waals surface area (Å²) in [4.78, 5) is 0. The summed E-state index contributed by atoms with van der Waals surface area (Å²) in [5.41, 5.74) is 14.6. The highest BCUT2D eigenvalue weighted by Crippen LogP contribution is 2.20. The molecule has 2 rings (SSSR count). The quantitative estimate of drug-likeness (QED) is 0.435.